The molecule has 0 saturated carbocycles. The molecule has 0 atom stereocenters. The van der Waals surface area contributed by atoms with Crippen LogP contribution in [0.15, 0.2) is 89.1 Å². The molecule has 0 saturated heterocycles. The highest BCUT2D eigenvalue weighted by Crippen LogP contribution is 2.20. The van der Waals surface area contributed by atoms with E-state index >= 15 is 0 Å². The molecule has 0 aliphatic carbocycles. The van der Waals surface area contributed by atoms with Crippen LogP contribution in [0, 0.1) is 0 Å². The van der Waals surface area contributed by atoms with E-state index in [1.165, 1.54) is 19.1 Å². The average Bonchev–Trinajstić information content (AvgIpc) is 2.77. The van der Waals surface area contributed by atoms with Crippen LogP contribution in [0.25, 0.3) is 0 Å². The molecule has 0 fully saturated rings. The molecule has 156 valence electrons. The van der Waals surface area contributed by atoms with Crippen LogP contribution in [0.1, 0.15) is 17.3 Å². The first-order valence-corrected chi connectivity index (χ1v) is 9.41. The van der Waals surface area contributed by atoms with E-state index in [9.17, 15) is 14.4 Å². The number of anilines is 2. The zero-order valence-corrected chi connectivity index (χ0v) is 16.7. The molecule has 0 radical (unpaired) electrons. The Hall–Kier alpha value is -4.33. The largest absolute Gasteiger partial charge is 0.452 e. The lowest BCUT2D eigenvalue weighted by atomic mass is 10.2. The van der Waals surface area contributed by atoms with E-state index in [2.05, 4.69) is 20.9 Å². The molecule has 2 amide bonds. The number of carbonyl (C=O) groups is 3. The summed E-state index contributed by atoms with van der Waals surface area (Å²) in [6.07, 6.45) is 0. The van der Waals surface area contributed by atoms with Gasteiger partial charge in [-0.1, -0.05) is 24.3 Å². The summed E-state index contributed by atoms with van der Waals surface area (Å²) in [6.45, 7) is 0.923. The van der Waals surface area contributed by atoms with Crippen molar-refractivity contribution in [3.63, 3.8) is 0 Å². The number of hydrogen-bond acceptors (Lipinski definition) is 6. The van der Waals surface area contributed by atoms with Crippen molar-refractivity contribution in [2.24, 2.45) is 10.2 Å². The molecular formula is C23H20N4O4. The topological polar surface area (TPSA) is 109 Å². The molecule has 3 rings (SSSR count). The monoisotopic (exact) mass is 416 g/mol. The molecule has 0 unspecified atom stereocenters. The number of nitrogens with zero attached hydrogens (tertiary/aromatic N) is 2. The average molecular weight is 416 g/mol. The Kier molecular flexibility index (Phi) is 7.21. The van der Waals surface area contributed by atoms with E-state index in [0.29, 0.717) is 17.1 Å². The molecule has 3 aromatic rings. The van der Waals surface area contributed by atoms with Gasteiger partial charge < -0.3 is 15.4 Å². The Morgan fingerprint density at radius 1 is 0.774 bits per heavy atom. The fourth-order valence-electron chi connectivity index (χ4n) is 2.56. The van der Waals surface area contributed by atoms with Gasteiger partial charge in [-0.05, 0) is 54.6 Å². The third kappa shape index (κ3) is 6.90. The van der Waals surface area contributed by atoms with Gasteiger partial charge in [-0.3, -0.25) is 9.59 Å². The molecule has 2 N–H and O–H groups in total. The number of amides is 2. The van der Waals surface area contributed by atoms with E-state index in [-0.39, 0.29) is 11.5 Å². The van der Waals surface area contributed by atoms with Crippen LogP contribution in [0.3, 0.4) is 0 Å². The molecule has 0 spiro atoms. The van der Waals surface area contributed by atoms with E-state index < -0.39 is 18.5 Å². The molecule has 0 aliphatic rings. The van der Waals surface area contributed by atoms with Crippen LogP contribution in [-0.4, -0.2) is 24.4 Å². The Morgan fingerprint density at radius 3 is 2.13 bits per heavy atom. The fourth-order valence-corrected chi connectivity index (χ4v) is 2.56. The SMILES string of the molecule is CC(=O)Nc1cccc(C(=O)OCC(=O)Nc2ccc(N=Nc3ccccc3)cc2)c1. The third-order valence-corrected chi connectivity index (χ3v) is 3.94. The van der Waals surface area contributed by atoms with Crippen molar-refractivity contribution in [2.75, 3.05) is 17.2 Å². The van der Waals surface area contributed by atoms with Crippen LogP contribution < -0.4 is 10.6 Å². The van der Waals surface area contributed by atoms with Crippen LogP contribution in [0.5, 0.6) is 0 Å². The summed E-state index contributed by atoms with van der Waals surface area (Å²) in [5, 5.41) is 13.5. The number of nitrogens with one attached hydrogen (secondary N) is 2. The van der Waals surface area contributed by atoms with Gasteiger partial charge in [0.15, 0.2) is 6.61 Å². The van der Waals surface area contributed by atoms with Gasteiger partial charge in [-0.25, -0.2) is 4.79 Å². The number of esters is 1. The number of ether oxygens (including phenoxy) is 1. The lowest BCUT2D eigenvalue weighted by Gasteiger charge is -2.08. The standard InChI is InChI=1S/C23H20N4O4/c1-16(28)24-21-9-5-6-17(14-21)23(30)31-15-22(29)25-18-10-12-20(13-11-18)27-26-19-7-3-2-4-8-19/h2-14H,15H2,1H3,(H,24,28)(H,25,29). The van der Waals surface area contributed by atoms with Gasteiger partial charge in [-0.2, -0.15) is 10.2 Å². The Morgan fingerprint density at radius 2 is 1.45 bits per heavy atom. The zero-order chi connectivity index (χ0) is 22.1. The summed E-state index contributed by atoms with van der Waals surface area (Å²) in [7, 11) is 0. The number of hydrogen-bond donors (Lipinski definition) is 2. The van der Waals surface area contributed by atoms with Crippen LogP contribution >= 0.6 is 0 Å². The first-order valence-electron chi connectivity index (χ1n) is 9.41. The molecule has 8 nitrogen and oxygen atoms in total. The number of rotatable bonds is 7. The minimum absolute atomic E-state index is 0.229. The fraction of sp³-hybridized carbons (Fsp3) is 0.0870. The predicted molar refractivity (Wildman–Crippen MR) is 117 cm³/mol. The van der Waals surface area contributed by atoms with Gasteiger partial charge in [0.2, 0.25) is 5.91 Å². The minimum atomic E-state index is -0.668. The normalized spacial score (nSPS) is 10.5. The summed E-state index contributed by atoms with van der Waals surface area (Å²) in [4.78, 5) is 35.3. The van der Waals surface area contributed by atoms with Crippen LogP contribution in [0.2, 0.25) is 0 Å². The van der Waals surface area contributed by atoms with Crippen molar-refractivity contribution >= 4 is 40.5 Å². The van der Waals surface area contributed by atoms with Crippen molar-refractivity contribution < 1.29 is 19.1 Å². The molecule has 0 aromatic heterocycles. The van der Waals surface area contributed by atoms with Crippen molar-refractivity contribution in [3.8, 4) is 0 Å². The predicted octanol–water partition coefficient (Wildman–Crippen LogP) is 4.86. The lowest BCUT2D eigenvalue weighted by Crippen LogP contribution is -2.21. The van der Waals surface area contributed by atoms with Gasteiger partial charge in [0, 0.05) is 18.3 Å². The molecule has 0 bridgehead atoms. The van der Waals surface area contributed by atoms with E-state index in [1.807, 2.05) is 30.3 Å². The first kappa shape index (κ1) is 21.4. The zero-order valence-electron chi connectivity index (χ0n) is 16.7. The van der Waals surface area contributed by atoms with E-state index in [1.54, 1.807) is 36.4 Å². The van der Waals surface area contributed by atoms with Crippen molar-refractivity contribution in [1.29, 1.82) is 0 Å². The third-order valence-electron chi connectivity index (χ3n) is 3.94. The van der Waals surface area contributed by atoms with E-state index in [4.69, 9.17) is 4.74 Å². The molecule has 3 aromatic carbocycles. The highest BCUT2D eigenvalue weighted by Gasteiger charge is 2.11. The van der Waals surface area contributed by atoms with Crippen molar-refractivity contribution in [2.45, 2.75) is 6.92 Å². The smallest absolute Gasteiger partial charge is 0.338 e. The molecule has 31 heavy (non-hydrogen) atoms. The highest BCUT2D eigenvalue weighted by molar-refractivity contribution is 5.96. The second-order valence-electron chi connectivity index (χ2n) is 6.47. The van der Waals surface area contributed by atoms with Gasteiger partial charge in [0.1, 0.15) is 0 Å². The summed E-state index contributed by atoms with van der Waals surface area (Å²) >= 11 is 0. The summed E-state index contributed by atoms with van der Waals surface area (Å²) in [5.74, 6) is -1.40. The molecule has 0 aliphatic heterocycles. The van der Waals surface area contributed by atoms with Gasteiger partial charge in [-0.15, -0.1) is 0 Å². The Bertz CT molecular complexity index is 1100. The second kappa shape index (κ2) is 10.4. The molecular weight excluding hydrogens is 396 g/mol. The highest BCUT2D eigenvalue weighted by atomic mass is 16.5. The van der Waals surface area contributed by atoms with Crippen LogP contribution in [-0.2, 0) is 14.3 Å². The van der Waals surface area contributed by atoms with Crippen LogP contribution in [0.4, 0.5) is 22.7 Å². The maximum atomic E-state index is 12.1. The number of azo groups is 1. The minimum Gasteiger partial charge on any atom is -0.452 e. The lowest BCUT2D eigenvalue weighted by molar-refractivity contribution is -0.119. The van der Waals surface area contributed by atoms with Crippen molar-refractivity contribution in [1.82, 2.24) is 0 Å². The van der Waals surface area contributed by atoms with Gasteiger partial charge in [0.25, 0.3) is 5.91 Å². The van der Waals surface area contributed by atoms with E-state index in [0.717, 1.165) is 5.69 Å². The maximum absolute atomic E-state index is 12.1. The number of benzene rings is 3. The number of carbonyl (C=O) groups excluding carboxylic acids is 3. The summed E-state index contributed by atoms with van der Waals surface area (Å²) in [6, 6.07) is 22.4. The summed E-state index contributed by atoms with van der Waals surface area (Å²) < 4.78 is 5.04. The summed E-state index contributed by atoms with van der Waals surface area (Å²) in [5.41, 5.74) is 2.60. The second-order valence-corrected chi connectivity index (χ2v) is 6.47. The van der Waals surface area contributed by atoms with Gasteiger partial charge >= 0.3 is 5.97 Å². The first-order chi connectivity index (χ1) is 15.0. The molecule has 8 heteroatoms. The quantitative estimate of drug-likeness (QED) is 0.423. The Balaban J connectivity index is 1.50. The van der Waals surface area contributed by atoms with Gasteiger partial charge in [0.05, 0.1) is 16.9 Å². The molecule has 0 heterocycles. The maximum Gasteiger partial charge on any atom is 0.338 e. The van der Waals surface area contributed by atoms with Crippen molar-refractivity contribution in [3.05, 3.63) is 84.4 Å². The Labute approximate surface area is 179 Å².